The van der Waals surface area contributed by atoms with Gasteiger partial charge in [0.05, 0.1) is 17.6 Å². The Kier molecular flexibility index (Phi) is 3.54. The van der Waals surface area contributed by atoms with Gasteiger partial charge in [-0.1, -0.05) is 24.3 Å². The Morgan fingerprint density at radius 2 is 1.63 bits per heavy atom. The van der Waals surface area contributed by atoms with Crippen LogP contribution in [0.1, 0.15) is 22.6 Å². The van der Waals surface area contributed by atoms with E-state index in [1.807, 2.05) is 6.07 Å². The fraction of sp³-hybridized carbons (Fsp3) is 0.0667. The zero-order chi connectivity index (χ0) is 13.8. The predicted octanol–water partition coefficient (Wildman–Crippen LogP) is 3.49. The molecule has 0 bridgehead atoms. The molecule has 0 saturated carbocycles. The molecule has 0 aliphatic rings. The first kappa shape index (κ1) is 12.7. The van der Waals surface area contributed by atoms with Crippen LogP contribution in [0.2, 0.25) is 0 Å². The van der Waals surface area contributed by atoms with Crippen molar-refractivity contribution in [3.05, 3.63) is 70.8 Å². The lowest BCUT2D eigenvalue weighted by atomic mass is 9.89. The van der Waals surface area contributed by atoms with Crippen molar-refractivity contribution >= 4 is 0 Å². The number of nitriles is 2. The Labute approximate surface area is 109 Å². The van der Waals surface area contributed by atoms with Crippen molar-refractivity contribution in [2.24, 2.45) is 0 Å². The highest BCUT2D eigenvalue weighted by molar-refractivity contribution is 5.48. The molecule has 0 amide bonds. The Morgan fingerprint density at radius 1 is 0.947 bits per heavy atom. The van der Waals surface area contributed by atoms with E-state index in [9.17, 15) is 14.0 Å². The number of halogens is 2. The number of benzene rings is 2. The maximum atomic E-state index is 13.5. The van der Waals surface area contributed by atoms with Crippen LogP contribution in [-0.4, -0.2) is 0 Å². The van der Waals surface area contributed by atoms with Crippen molar-refractivity contribution in [2.45, 2.75) is 5.92 Å². The second-order valence-corrected chi connectivity index (χ2v) is 3.93. The van der Waals surface area contributed by atoms with Gasteiger partial charge in [0.25, 0.3) is 0 Å². The van der Waals surface area contributed by atoms with E-state index in [0.29, 0.717) is 5.56 Å². The number of nitrogens with zero attached hydrogens (tertiary/aromatic N) is 2. The van der Waals surface area contributed by atoms with Crippen LogP contribution in [0.3, 0.4) is 0 Å². The minimum Gasteiger partial charge on any atom is -0.207 e. The van der Waals surface area contributed by atoms with Gasteiger partial charge < -0.3 is 0 Å². The molecular formula is C15H8F2N2. The molecule has 4 heteroatoms. The molecule has 0 spiro atoms. The van der Waals surface area contributed by atoms with E-state index in [0.717, 1.165) is 0 Å². The lowest BCUT2D eigenvalue weighted by Gasteiger charge is -2.11. The molecule has 0 heterocycles. The van der Waals surface area contributed by atoms with E-state index in [-0.39, 0.29) is 11.1 Å². The summed E-state index contributed by atoms with van der Waals surface area (Å²) in [6.07, 6.45) is 0. The summed E-state index contributed by atoms with van der Waals surface area (Å²) in [5.74, 6) is -1.88. The van der Waals surface area contributed by atoms with Crippen LogP contribution in [-0.2, 0) is 0 Å². The molecule has 0 aliphatic heterocycles. The molecule has 0 radical (unpaired) electrons. The highest BCUT2D eigenvalue weighted by Gasteiger charge is 2.19. The number of hydrogen-bond acceptors (Lipinski definition) is 2. The summed E-state index contributed by atoms with van der Waals surface area (Å²) in [6, 6.07) is 13.3. The first-order valence-corrected chi connectivity index (χ1v) is 5.51. The van der Waals surface area contributed by atoms with Crippen molar-refractivity contribution < 1.29 is 8.78 Å². The molecule has 2 aromatic carbocycles. The van der Waals surface area contributed by atoms with Gasteiger partial charge >= 0.3 is 0 Å². The monoisotopic (exact) mass is 254 g/mol. The minimum atomic E-state index is -0.800. The molecule has 0 unspecified atom stereocenters. The Hall–Kier alpha value is -2.72. The van der Waals surface area contributed by atoms with Gasteiger partial charge in [0.2, 0.25) is 0 Å². The highest BCUT2D eigenvalue weighted by Crippen LogP contribution is 2.28. The molecule has 0 aliphatic carbocycles. The molecule has 0 aromatic heterocycles. The fourth-order valence-electron chi connectivity index (χ4n) is 1.88. The van der Waals surface area contributed by atoms with Crippen molar-refractivity contribution in [2.75, 3.05) is 0 Å². The largest absolute Gasteiger partial charge is 0.207 e. The van der Waals surface area contributed by atoms with Gasteiger partial charge in [-0.15, -0.1) is 0 Å². The van der Waals surface area contributed by atoms with Gasteiger partial charge in [0, 0.05) is 0 Å². The van der Waals surface area contributed by atoms with Crippen LogP contribution in [0, 0.1) is 34.3 Å². The smallest absolute Gasteiger partial charge is 0.141 e. The number of hydrogen-bond donors (Lipinski definition) is 0. The molecule has 1 atom stereocenters. The lowest BCUT2D eigenvalue weighted by molar-refractivity contribution is 0.620. The van der Waals surface area contributed by atoms with Crippen LogP contribution in [0.4, 0.5) is 8.78 Å². The summed E-state index contributed by atoms with van der Waals surface area (Å²) in [7, 11) is 0. The third-order valence-corrected chi connectivity index (χ3v) is 2.80. The van der Waals surface area contributed by atoms with Gasteiger partial charge in [0.15, 0.2) is 0 Å². The van der Waals surface area contributed by atoms with Crippen LogP contribution in [0.5, 0.6) is 0 Å². The predicted molar refractivity (Wildman–Crippen MR) is 65.0 cm³/mol. The standard InChI is InChI=1S/C15H8F2N2/c16-11-6-4-10(5-7-11)13(8-18)12-2-1-3-15(17)14(12)9-19/h1-7,13H/t13-/m0/s1. The molecule has 0 N–H and O–H groups in total. The fourth-order valence-corrected chi connectivity index (χ4v) is 1.88. The third kappa shape index (κ3) is 2.43. The normalized spacial score (nSPS) is 11.4. The average Bonchev–Trinajstić information content (AvgIpc) is 2.42. The van der Waals surface area contributed by atoms with Gasteiger partial charge in [-0.05, 0) is 29.3 Å². The van der Waals surface area contributed by atoms with Gasteiger partial charge in [0.1, 0.15) is 17.7 Å². The molecule has 0 saturated heterocycles. The zero-order valence-corrected chi connectivity index (χ0v) is 9.77. The van der Waals surface area contributed by atoms with E-state index in [2.05, 4.69) is 0 Å². The summed E-state index contributed by atoms with van der Waals surface area (Å²) >= 11 is 0. The van der Waals surface area contributed by atoms with Gasteiger partial charge in [-0.25, -0.2) is 8.78 Å². The highest BCUT2D eigenvalue weighted by atomic mass is 19.1. The van der Waals surface area contributed by atoms with E-state index < -0.39 is 17.6 Å². The van der Waals surface area contributed by atoms with Crippen molar-refractivity contribution in [3.8, 4) is 12.1 Å². The molecule has 2 nitrogen and oxygen atoms in total. The van der Waals surface area contributed by atoms with Crippen LogP contribution < -0.4 is 0 Å². The van der Waals surface area contributed by atoms with E-state index >= 15 is 0 Å². The SMILES string of the molecule is N#Cc1c(F)cccc1[C@@H](C#N)c1ccc(F)cc1. The third-order valence-electron chi connectivity index (χ3n) is 2.80. The van der Waals surface area contributed by atoms with Crippen molar-refractivity contribution in [3.63, 3.8) is 0 Å². The van der Waals surface area contributed by atoms with Crippen LogP contribution in [0.15, 0.2) is 42.5 Å². The first-order valence-electron chi connectivity index (χ1n) is 5.51. The van der Waals surface area contributed by atoms with E-state index in [1.165, 1.54) is 42.5 Å². The van der Waals surface area contributed by atoms with Gasteiger partial charge in [-0.3, -0.25) is 0 Å². The molecule has 2 aromatic rings. The van der Waals surface area contributed by atoms with Crippen molar-refractivity contribution in [1.82, 2.24) is 0 Å². The Bertz CT molecular complexity index is 679. The molecule has 2 rings (SSSR count). The zero-order valence-electron chi connectivity index (χ0n) is 9.77. The Morgan fingerprint density at radius 3 is 2.21 bits per heavy atom. The summed E-state index contributed by atoms with van der Waals surface area (Å²) in [5.41, 5.74) is 0.654. The van der Waals surface area contributed by atoms with Crippen LogP contribution >= 0.6 is 0 Å². The van der Waals surface area contributed by atoms with Crippen molar-refractivity contribution in [1.29, 1.82) is 10.5 Å². The quantitative estimate of drug-likeness (QED) is 0.823. The summed E-state index contributed by atoms with van der Waals surface area (Å²) in [4.78, 5) is 0. The summed E-state index contributed by atoms with van der Waals surface area (Å²) < 4.78 is 26.4. The van der Waals surface area contributed by atoms with E-state index in [4.69, 9.17) is 5.26 Å². The number of rotatable bonds is 2. The Balaban J connectivity index is 2.56. The maximum Gasteiger partial charge on any atom is 0.141 e. The van der Waals surface area contributed by atoms with Gasteiger partial charge in [-0.2, -0.15) is 10.5 Å². The molecule has 0 fully saturated rings. The lowest BCUT2D eigenvalue weighted by Crippen LogP contribution is -2.03. The second kappa shape index (κ2) is 5.29. The molecule has 92 valence electrons. The average molecular weight is 254 g/mol. The summed E-state index contributed by atoms with van der Waals surface area (Å²) in [5, 5.41) is 18.2. The molecular weight excluding hydrogens is 246 g/mol. The van der Waals surface area contributed by atoms with Crippen LogP contribution in [0.25, 0.3) is 0 Å². The maximum absolute atomic E-state index is 13.5. The molecule has 19 heavy (non-hydrogen) atoms. The first-order chi connectivity index (χ1) is 9.17. The second-order valence-electron chi connectivity index (χ2n) is 3.93. The van der Waals surface area contributed by atoms with E-state index in [1.54, 1.807) is 6.07 Å². The summed E-state index contributed by atoms with van der Waals surface area (Å²) in [6.45, 7) is 0. The topological polar surface area (TPSA) is 47.6 Å². The minimum absolute atomic E-state index is 0.154.